The van der Waals surface area contributed by atoms with E-state index in [0.29, 0.717) is 32.0 Å². The molecule has 0 bridgehead atoms. The molecule has 5 rings (SSSR count). The van der Waals surface area contributed by atoms with Gasteiger partial charge < -0.3 is 14.4 Å². The highest BCUT2D eigenvalue weighted by Crippen LogP contribution is 2.20. The molecule has 7 nitrogen and oxygen atoms in total. The fourth-order valence-corrected chi connectivity index (χ4v) is 4.97. The minimum atomic E-state index is -0.372. The van der Waals surface area contributed by atoms with Crippen molar-refractivity contribution in [3.8, 4) is 5.75 Å². The van der Waals surface area contributed by atoms with Crippen molar-refractivity contribution in [3.05, 3.63) is 98.7 Å². The van der Waals surface area contributed by atoms with Crippen molar-refractivity contribution in [3.63, 3.8) is 0 Å². The van der Waals surface area contributed by atoms with Gasteiger partial charge >= 0.3 is 0 Å². The summed E-state index contributed by atoms with van der Waals surface area (Å²) in [5.74, 6) is 0.413. The van der Waals surface area contributed by atoms with Crippen LogP contribution in [0.15, 0.2) is 77.2 Å². The number of aromatic nitrogens is 2. The fourth-order valence-electron chi connectivity index (χ4n) is 4.28. The minimum Gasteiger partial charge on any atom is -0.493 e. The maximum absolute atomic E-state index is 13.6. The first kappa shape index (κ1) is 23.3. The van der Waals surface area contributed by atoms with Crippen LogP contribution < -0.4 is 10.3 Å². The average molecular weight is 490 g/mol. The maximum atomic E-state index is 13.6. The van der Waals surface area contributed by atoms with E-state index in [2.05, 4.69) is 16.4 Å². The Morgan fingerprint density at radius 2 is 2.14 bits per heavy atom. The van der Waals surface area contributed by atoms with Crippen molar-refractivity contribution < 1.29 is 14.3 Å². The monoisotopic (exact) mass is 489 g/mol. The Balaban J connectivity index is 1.35. The number of benzene rings is 1. The van der Waals surface area contributed by atoms with E-state index in [1.165, 1.54) is 15.5 Å². The van der Waals surface area contributed by atoms with Crippen molar-refractivity contribution in [1.82, 2.24) is 14.3 Å². The molecule has 3 aromatic heterocycles. The molecule has 0 saturated carbocycles. The molecule has 0 N–H and O–H groups in total. The Morgan fingerprint density at radius 1 is 1.20 bits per heavy atom. The third kappa shape index (κ3) is 5.61. The Kier molecular flexibility index (Phi) is 7.20. The number of fused-ring (bicyclic) bond motifs is 1. The first-order valence-corrected chi connectivity index (χ1v) is 12.7. The van der Waals surface area contributed by atoms with Gasteiger partial charge in [0.1, 0.15) is 17.0 Å². The summed E-state index contributed by atoms with van der Waals surface area (Å²) in [6.07, 6.45) is 5.69. The average Bonchev–Trinajstić information content (AvgIpc) is 3.59. The lowest BCUT2D eigenvalue weighted by Crippen LogP contribution is -2.40. The van der Waals surface area contributed by atoms with Crippen LogP contribution in [0.1, 0.15) is 33.6 Å². The standard InChI is InChI=1S/C27H27N3O4S/c31-26(24-17-28-25-10-1-2-12-30(25)27(24)32)29(19-22-8-4-13-33-22)18-20-6-3-7-21(16-20)34-14-11-23-9-5-15-35-23/h1-3,5-7,9-10,12,15-17,22H,4,8,11,13-14,18-19H2/t22-/m1/s1. The number of pyridine rings is 1. The zero-order valence-electron chi connectivity index (χ0n) is 19.3. The number of hydrogen-bond donors (Lipinski definition) is 0. The Bertz CT molecular complexity index is 1350. The molecule has 180 valence electrons. The SMILES string of the molecule is O=C(c1cnc2ccccn2c1=O)N(Cc1cccc(OCCc2cccs2)c1)C[C@H]1CCCO1. The zero-order chi connectivity index (χ0) is 24.0. The van der Waals surface area contributed by atoms with E-state index in [9.17, 15) is 9.59 Å². The number of thiophene rings is 1. The van der Waals surface area contributed by atoms with Gasteiger partial charge in [-0.25, -0.2) is 4.98 Å². The molecule has 4 heterocycles. The van der Waals surface area contributed by atoms with Gasteiger partial charge in [-0.15, -0.1) is 11.3 Å². The topological polar surface area (TPSA) is 73.1 Å². The molecule has 1 fully saturated rings. The van der Waals surface area contributed by atoms with E-state index < -0.39 is 0 Å². The van der Waals surface area contributed by atoms with Crippen molar-refractivity contribution in [1.29, 1.82) is 0 Å². The van der Waals surface area contributed by atoms with E-state index in [0.717, 1.165) is 30.6 Å². The normalized spacial score (nSPS) is 15.4. The second-order valence-electron chi connectivity index (χ2n) is 8.55. The highest BCUT2D eigenvalue weighted by molar-refractivity contribution is 7.09. The van der Waals surface area contributed by atoms with Gasteiger partial charge in [-0.2, -0.15) is 0 Å². The van der Waals surface area contributed by atoms with Gasteiger partial charge in [0.15, 0.2) is 0 Å². The van der Waals surface area contributed by atoms with Gasteiger partial charge in [0.25, 0.3) is 11.5 Å². The first-order valence-electron chi connectivity index (χ1n) is 11.8. The Hall–Kier alpha value is -3.49. The molecule has 1 aliphatic rings. The van der Waals surface area contributed by atoms with Crippen LogP contribution in [0.5, 0.6) is 5.75 Å². The Morgan fingerprint density at radius 3 is 2.97 bits per heavy atom. The van der Waals surface area contributed by atoms with Crippen LogP contribution in [0.4, 0.5) is 0 Å². The highest BCUT2D eigenvalue weighted by Gasteiger charge is 2.26. The fraction of sp³-hybridized carbons (Fsp3) is 0.296. The van der Waals surface area contributed by atoms with Crippen LogP contribution >= 0.6 is 11.3 Å². The van der Waals surface area contributed by atoms with Gasteiger partial charge in [0.05, 0.1) is 12.7 Å². The molecule has 1 amide bonds. The number of rotatable bonds is 9. The molecule has 0 spiro atoms. The predicted molar refractivity (Wildman–Crippen MR) is 135 cm³/mol. The number of nitrogens with zero attached hydrogens (tertiary/aromatic N) is 3. The lowest BCUT2D eigenvalue weighted by Gasteiger charge is -2.25. The third-order valence-electron chi connectivity index (χ3n) is 6.05. The number of amides is 1. The highest BCUT2D eigenvalue weighted by atomic mass is 32.1. The summed E-state index contributed by atoms with van der Waals surface area (Å²) in [5.41, 5.74) is 1.12. The summed E-state index contributed by atoms with van der Waals surface area (Å²) in [6.45, 7) is 2.04. The van der Waals surface area contributed by atoms with Gasteiger partial charge in [-0.1, -0.05) is 24.3 Å². The summed E-state index contributed by atoms with van der Waals surface area (Å²) in [7, 11) is 0. The summed E-state index contributed by atoms with van der Waals surface area (Å²) < 4.78 is 13.2. The van der Waals surface area contributed by atoms with E-state index in [4.69, 9.17) is 9.47 Å². The largest absolute Gasteiger partial charge is 0.493 e. The molecule has 1 aliphatic heterocycles. The van der Waals surface area contributed by atoms with E-state index in [1.807, 2.05) is 36.4 Å². The molecular weight excluding hydrogens is 462 g/mol. The quantitative estimate of drug-likeness (QED) is 0.352. The molecule has 1 atom stereocenters. The summed E-state index contributed by atoms with van der Waals surface area (Å²) in [4.78, 5) is 33.9. The van der Waals surface area contributed by atoms with Crippen LogP contribution in [0, 0.1) is 0 Å². The number of ether oxygens (including phenoxy) is 2. The molecule has 1 aromatic carbocycles. The number of carbonyl (C=O) groups excluding carboxylic acids is 1. The van der Waals surface area contributed by atoms with Crippen LogP contribution in [0.3, 0.4) is 0 Å². The lowest BCUT2D eigenvalue weighted by molar-refractivity contribution is 0.0505. The van der Waals surface area contributed by atoms with Crippen LogP contribution in [-0.2, 0) is 17.7 Å². The summed E-state index contributed by atoms with van der Waals surface area (Å²) in [5, 5.41) is 2.06. The van der Waals surface area contributed by atoms with Crippen LogP contribution in [0.25, 0.3) is 5.65 Å². The molecule has 4 aromatic rings. The van der Waals surface area contributed by atoms with Crippen molar-refractivity contribution in [2.24, 2.45) is 0 Å². The van der Waals surface area contributed by atoms with Gasteiger partial charge in [-0.05, 0) is 54.1 Å². The molecule has 0 aliphatic carbocycles. The second-order valence-corrected chi connectivity index (χ2v) is 9.58. The van der Waals surface area contributed by atoms with E-state index >= 15 is 0 Å². The summed E-state index contributed by atoms with van der Waals surface area (Å²) >= 11 is 1.72. The minimum absolute atomic E-state index is 0.0413. The van der Waals surface area contributed by atoms with E-state index in [-0.39, 0.29) is 23.1 Å². The zero-order valence-corrected chi connectivity index (χ0v) is 20.2. The van der Waals surface area contributed by atoms with Crippen LogP contribution in [-0.4, -0.2) is 46.1 Å². The first-order chi connectivity index (χ1) is 17.2. The molecule has 8 heteroatoms. The van der Waals surface area contributed by atoms with Gasteiger partial charge in [0, 0.05) is 43.4 Å². The smallest absolute Gasteiger partial charge is 0.270 e. The van der Waals surface area contributed by atoms with Gasteiger partial charge in [0.2, 0.25) is 0 Å². The molecular formula is C27H27N3O4S. The number of carbonyl (C=O) groups is 1. The molecule has 35 heavy (non-hydrogen) atoms. The molecule has 1 saturated heterocycles. The van der Waals surface area contributed by atoms with Crippen molar-refractivity contribution in [2.75, 3.05) is 19.8 Å². The van der Waals surface area contributed by atoms with Crippen molar-refractivity contribution >= 4 is 22.9 Å². The second kappa shape index (κ2) is 10.8. The molecule has 0 unspecified atom stereocenters. The lowest BCUT2D eigenvalue weighted by atomic mass is 10.1. The number of hydrogen-bond acceptors (Lipinski definition) is 6. The van der Waals surface area contributed by atoms with Gasteiger partial charge in [-0.3, -0.25) is 14.0 Å². The summed E-state index contributed by atoms with van der Waals surface area (Å²) in [6, 6.07) is 17.2. The van der Waals surface area contributed by atoms with Crippen LogP contribution in [0.2, 0.25) is 0 Å². The molecule has 0 radical (unpaired) electrons. The van der Waals surface area contributed by atoms with E-state index in [1.54, 1.807) is 34.6 Å². The maximum Gasteiger partial charge on any atom is 0.270 e. The predicted octanol–water partition coefficient (Wildman–Crippen LogP) is 4.20. The third-order valence-corrected chi connectivity index (χ3v) is 6.98. The Labute approximate surface area is 207 Å². The van der Waals surface area contributed by atoms with Crippen molar-refractivity contribution in [2.45, 2.75) is 31.9 Å².